The van der Waals surface area contributed by atoms with E-state index in [0.29, 0.717) is 43.6 Å². The van der Waals surface area contributed by atoms with Gasteiger partial charge in [0.2, 0.25) is 0 Å². The summed E-state index contributed by atoms with van der Waals surface area (Å²) >= 11 is 0. The van der Waals surface area contributed by atoms with E-state index in [1.54, 1.807) is 4.31 Å². The van der Waals surface area contributed by atoms with Gasteiger partial charge in [0.15, 0.2) is 5.82 Å². The summed E-state index contributed by atoms with van der Waals surface area (Å²) in [6, 6.07) is 7.48. The fourth-order valence-corrected chi connectivity index (χ4v) is 5.26. The molecule has 2 fully saturated rings. The van der Waals surface area contributed by atoms with Gasteiger partial charge in [0.05, 0.1) is 12.3 Å². The van der Waals surface area contributed by atoms with E-state index in [9.17, 15) is 8.42 Å². The number of piperidine rings is 1. The third-order valence-corrected chi connectivity index (χ3v) is 7.06. The van der Waals surface area contributed by atoms with E-state index in [4.69, 9.17) is 4.74 Å². The number of pyridine rings is 1. The van der Waals surface area contributed by atoms with E-state index >= 15 is 0 Å². The number of nitrogens with one attached hydrogen (secondary N) is 2. The van der Waals surface area contributed by atoms with Gasteiger partial charge in [-0.1, -0.05) is 12.5 Å². The highest BCUT2D eigenvalue weighted by atomic mass is 32.2. The Labute approximate surface area is 165 Å². The van der Waals surface area contributed by atoms with Crippen LogP contribution in [-0.4, -0.2) is 65.0 Å². The smallest absolute Gasteiger partial charge is 0.282 e. The van der Waals surface area contributed by atoms with Crippen molar-refractivity contribution in [2.75, 3.05) is 38.1 Å². The zero-order chi connectivity index (χ0) is 19.6. The molecule has 4 heterocycles. The molecular weight excluding hydrogens is 380 g/mol. The first-order chi connectivity index (χ1) is 13.5. The van der Waals surface area contributed by atoms with Crippen LogP contribution >= 0.6 is 0 Å². The van der Waals surface area contributed by atoms with Crippen LogP contribution in [0.15, 0.2) is 24.3 Å². The first-order valence-corrected chi connectivity index (χ1v) is 11.0. The fraction of sp³-hybridized carbons (Fsp3) is 0.556. The highest BCUT2D eigenvalue weighted by Gasteiger charge is 2.35. The van der Waals surface area contributed by atoms with Crippen LogP contribution in [0.1, 0.15) is 36.8 Å². The van der Waals surface area contributed by atoms with Crippen molar-refractivity contribution in [1.82, 2.24) is 23.8 Å². The molecule has 4 rings (SSSR count). The SMILES string of the molecule is Cc1cc(Nc2cccc(C3CN(S(=O)(=O)N4CCCCC4)CCO3)n2)n[nH]1. The number of rotatable bonds is 5. The van der Waals surface area contributed by atoms with Gasteiger partial charge >= 0.3 is 0 Å². The maximum absolute atomic E-state index is 13.0. The van der Waals surface area contributed by atoms with Crippen LogP contribution in [0, 0.1) is 6.92 Å². The molecule has 0 aliphatic carbocycles. The van der Waals surface area contributed by atoms with Crippen molar-refractivity contribution in [2.24, 2.45) is 0 Å². The minimum absolute atomic E-state index is 0.275. The standard InChI is InChI=1S/C18H26N6O3S/c1-14-12-18(22-21-14)20-17-7-5-6-15(19-17)16-13-24(10-11-27-16)28(25,26)23-8-3-2-4-9-23/h5-7,12,16H,2-4,8-11,13H2,1H3,(H2,19,20,21,22). The normalized spacial score (nSPS) is 22.2. The Kier molecular flexibility index (Phi) is 5.63. The van der Waals surface area contributed by atoms with Crippen molar-refractivity contribution in [2.45, 2.75) is 32.3 Å². The highest BCUT2D eigenvalue weighted by molar-refractivity contribution is 7.86. The van der Waals surface area contributed by atoms with Gasteiger partial charge in [-0.25, -0.2) is 4.98 Å². The molecule has 2 aliphatic rings. The third-order valence-electron chi connectivity index (χ3n) is 5.06. The molecule has 152 valence electrons. The van der Waals surface area contributed by atoms with Crippen molar-refractivity contribution in [3.05, 3.63) is 35.7 Å². The predicted octanol–water partition coefficient (Wildman–Crippen LogP) is 1.96. The summed E-state index contributed by atoms with van der Waals surface area (Å²) in [5, 5.41) is 10.2. The van der Waals surface area contributed by atoms with Crippen LogP contribution in [0.25, 0.3) is 0 Å². The van der Waals surface area contributed by atoms with E-state index < -0.39 is 16.3 Å². The number of morpholine rings is 1. The van der Waals surface area contributed by atoms with Crippen LogP contribution in [0.5, 0.6) is 0 Å². The third kappa shape index (κ3) is 4.19. The molecule has 2 saturated heterocycles. The fourth-order valence-electron chi connectivity index (χ4n) is 3.59. The van der Waals surface area contributed by atoms with Gasteiger partial charge in [0.25, 0.3) is 10.2 Å². The quantitative estimate of drug-likeness (QED) is 0.787. The van der Waals surface area contributed by atoms with Crippen molar-refractivity contribution < 1.29 is 13.2 Å². The molecule has 1 atom stereocenters. The monoisotopic (exact) mass is 406 g/mol. The van der Waals surface area contributed by atoms with E-state index in [1.807, 2.05) is 31.2 Å². The second kappa shape index (κ2) is 8.16. The lowest BCUT2D eigenvalue weighted by molar-refractivity contribution is -0.00676. The predicted molar refractivity (Wildman–Crippen MR) is 105 cm³/mol. The number of aryl methyl sites for hydroxylation is 1. The largest absolute Gasteiger partial charge is 0.369 e. The Balaban J connectivity index is 1.47. The molecule has 1 unspecified atom stereocenters. The van der Waals surface area contributed by atoms with E-state index in [-0.39, 0.29) is 6.54 Å². The maximum Gasteiger partial charge on any atom is 0.282 e. The molecule has 0 amide bonds. The molecule has 2 aromatic heterocycles. The minimum Gasteiger partial charge on any atom is -0.369 e. The number of nitrogens with zero attached hydrogens (tertiary/aromatic N) is 4. The molecule has 0 saturated carbocycles. The molecule has 10 heteroatoms. The average Bonchev–Trinajstić information content (AvgIpc) is 3.13. The molecule has 28 heavy (non-hydrogen) atoms. The van der Waals surface area contributed by atoms with Crippen LogP contribution in [0.3, 0.4) is 0 Å². The van der Waals surface area contributed by atoms with Crippen molar-refractivity contribution in [1.29, 1.82) is 0 Å². The summed E-state index contributed by atoms with van der Waals surface area (Å²) in [6.07, 6.45) is 2.55. The molecule has 0 aromatic carbocycles. The van der Waals surface area contributed by atoms with Gasteiger partial charge in [-0.05, 0) is 31.9 Å². The number of anilines is 2. The van der Waals surface area contributed by atoms with Crippen LogP contribution in [-0.2, 0) is 14.9 Å². The van der Waals surface area contributed by atoms with Gasteiger partial charge < -0.3 is 10.1 Å². The first kappa shape index (κ1) is 19.3. The molecule has 2 aromatic rings. The van der Waals surface area contributed by atoms with Gasteiger partial charge in [-0.3, -0.25) is 5.10 Å². The molecular formula is C18H26N6O3S. The molecule has 2 N–H and O–H groups in total. The van der Waals surface area contributed by atoms with E-state index in [2.05, 4.69) is 20.5 Å². The summed E-state index contributed by atoms with van der Waals surface area (Å²) in [4.78, 5) is 4.60. The van der Waals surface area contributed by atoms with Gasteiger partial charge in [-0.15, -0.1) is 0 Å². The molecule has 0 spiro atoms. The molecule has 0 bridgehead atoms. The Morgan fingerprint density at radius 3 is 2.71 bits per heavy atom. The van der Waals surface area contributed by atoms with Gasteiger partial charge in [0, 0.05) is 37.9 Å². The first-order valence-electron chi connectivity index (χ1n) is 9.65. The second-order valence-corrected chi connectivity index (χ2v) is 9.12. The Bertz CT molecular complexity index is 910. The number of hydrogen-bond donors (Lipinski definition) is 2. The number of ether oxygens (including phenoxy) is 1. The number of aromatic nitrogens is 3. The van der Waals surface area contributed by atoms with Crippen LogP contribution in [0.2, 0.25) is 0 Å². The van der Waals surface area contributed by atoms with Crippen molar-refractivity contribution >= 4 is 21.8 Å². The second-order valence-electron chi connectivity index (χ2n) is 7.19. The summed E-state index contributed by atoms with van der Waals surface area (Å²) in [6.45, 7) is 4.14. The zero-order valence-electron chi connectivity index (χ0n) is 16.0. The van der Waals surface area contributed by atoms with Crippen molar-refractivity contribution in [3.8, 4) is 0 Å². The highest BCUT2D eigenvalue weighted by Crippen LogP contribution is 2.26. The van der Waals surface area contributed by atoms with E-state index in [1.165, 1.54) is 4.31 Å². The van der Waals surface area contributed by atoms with E-state index in [0.717, 1.165) is 25.0 Å². The summed E-state index contributed by atoms with van der Waals surface area (Å²) in [7, 11) is -3.45. The summed E-state index contributed by atoms with van der Waals surface area (Å²) < 4.78 is 34.9. The number of hydrogen-bond acceptors (Lipinski definition) is 6. The minimum atomic E-state index is -3.45. The molecule has 0 radical (unpaired) electrons. The Morgan fingerprint density at radius 2 is 1.96 bits per heavy atom. The van der Waals surface area contributed by atoms with Gasteiger partial charge in [-0.2, -0.15) is 22.1 Å². The summed E-state index contributed by atoms with van der Waals surface area (Å²) in [5.41, 5.74) is 1.66. The van der Waals surface area contributed by atoms with Crippen LogP contribution in [0.4, 0.5) is 11.6 Å². The molecule has 2 aliphatic heterocycles. The average molecular weight is 407 g/mol. The van der Waals surface area contributed by atoms with Crippen molar-refractivity contribution in [3.63, 3.8) is 0 Å². The molecule has 9 nitrogen and oxygen atoms in total. The number of aromatic amines is 1. The summed E-state index contributed by atoms with van der Waals surface area (Å²) in [5.74, 6) is 1.32. The lowest BCUT2D eigenvalue weighted by Gasteiger charge is -2.36. The lowest BCUT2D eigenvalue weighted by Crippen LogP contribution is -2.50. The van der Waals surface area contributed by atoms with Crippen LogP contribution < -0.4 is 5.32 Å². The zero-order valence-corrected chi connectivity index (χ0v) is 16.8. The van der Waals surface area contributed by atoms with Gasteiger partial charge in [0.1, 0.15) is 11.9 Å². The maximum atomic E-state index is 13.0. The Morgan fingerprint density at radius 1 is 1.14 bits per heavy atom. The lowest BCUT2D eigenvalue weighted by atomic mass is 10.2. The number of H-pyrrole nitrogens is 1. The Hall–Kier alpha value is -2.01. The topological polar surface area (TPSA) is 103 Å².